The molecule has 0 unspecified atom stereocenters. The van der Waals surface area contributed by atoms with Crippen LogP contribution in [0.15, 0.2) is 36.1 Å². The van der Waals surface area contributed by atoms with Gasteiger partial charge in [0.2, 0.25) is 5.76 Å². The van der Waals surface area contributed by atoms with Crippen LogP contribution in [-0.4, -0.2) is 18.2 Å². The highest BCUT2D eigenvalue weighted by molar-refractivity contribution is 5.94. The highest BCUT2D eigenvalue weighted by atomic mass is 16.5. The number of allylic oxidation sites excluding steroid dienone is 1. The molecule has 0 saturated heterocycles. The van der Waals surface area contributed by atoms with Gasteiger partial charge >= 0.3 is 5.97 Å². The number of rotatable bonds is 4. The summed E-state index contributed by atoms with van der Waals surface area (Å²) in [5.41, 5.74) is 1.60. The predicted molar refractivity (Wildman–Crippen MR) is 62.8 cm³/mol. The maximum Gasteiger partial charge on any atom is 0.371 e. The van der Waals surface area contributed by atoms with Gasteiger partial charge in [0.1, 0.15) is 0 Å². The van der Waals surface area contributed by atoms with E-state index in [2.05, 4.69) is 0 Å². The molecule has 0 saturated carbocycles. The molecular formula is C13H16O3. The van der Waals surface area contributed by atoms with Gasteiger partial charge in [-0.1, -0.05) is 44.2 Å². The summed E-state index contributed by atoms with van der Waals surface area (Å²) in [6.07, 6.45) is 0. The van der Waals surface area contributed by atoms with Crippen molar-refractivity contribution in [1.82, 2.24) is 0 Å². The topological polar surface area (TPSA) is 46.5 Å². The van der Waals surface area contributed by atoms with Crippen LogP contribution in [0.4, 0.5) is 0 Å². The number of carboxylic acid groups (broad SMARTS) is 1. The molecule has 0 spiro atoms. The number of hydrogen-bond donors (Lipinski definition) is 1. The zero-order chi connectivity index (χ0) is 12.1. The standard InChI is InChI=1S/C13H16O3/c1-9(2)11(12(16-3)13(14)15)10-7-5-4-6-8-10/h4-9H,1-3H3,(H,14,15). The average molecular weight is 220 g/mol. The normalized spacial score (nSPS) is 12.2. The van der Waals surface area contributed by atoms with E-state index in [0.717, 1.165) is 11.1 Å². The van der Waals surface area contributed by atoms with Crippen molar-refractivity contribution in [3.8, 4) is 0 Å². The smallest absolute Gasteiger partial charge is 0.371 e. The summed E-state index contributed by atoms with van der Waals surface area (Å²) < 4.78 is 4.97. The van der Waals surface area contributed by atoms with Gasteiger partial charge in [-0.3, -0.25) is 0 Å². The molecule has 0 radical (unpaired) electrons. The third kappa shape index (κ3) is 2.63. The molecule has 0 heterocycles. The Labute approximate surface area is 95.4 Å². The summed E-state index contributed by atoms with van der Waals surface area (Å²) in [5.74, 6) is -0.926. The van der Waals surface area contributed by atoms with Crippen LogP contribution in [-0.2, 0) is 9.53 Å². The fourth-order valence-electron chi connectivity index (χ4n) is 1.66. The first-order chi connectivity index (χ1) is 7.57. The van der Waals surface area contributed by atoms with Crippen molar-refractivity contribution in [2.75, 3.05) is 7.11 Å². The molecule has 0 aliphatic carbocycles. The number of hydrogen-bond acceptors (Lipinski definition) is 2. The minimum absolute atomic E-state index is 0.0150. The molecule has 1 rings (SSSR count). The third-order valence-corrected chi connectivity index (χ3v) is 2.31. The molecule has 1 aromatic rings. The van der Waals surface area contributed by atoms with Crippen molar-refractivity contribution in [3.63, 3.8) is 0 Å². The van der Waals surface area contributed by atoms with Crippen LogP contribution in [0.2, 0.25) is 0 Å². The van der Waals surface area contributed by atoms with Gasteiger partial charge in [-0.05, 0) is 11.5 Å². The van der Waals surface area contributed by atoms with E-state index in [-0.39, 0.29) is 11.7 Å². The summed E-state index contributed by atoms with van der Waals surface area (Å²) in [6.45, 7) is 3.90. The number of carboxylic acids is 1. The highest BCUT2D eigenvalue weighted by Gasteiger charge is 2.19. The van der Waals surface area contributed by atoms with Crippen LogP contribution >= 0.6 is 0 Å². The second-order valence-corrected chi connectivity index (χ2v) is 3.77. The molecule has 16 heavy (non-hydrogen) atoms. The zero-order valence-corrected chi connectivity index (χ0v) is 9.73. The summed E-state index contributed by atoms with van der Waals surface area (Å²) in [6, 6.07) is 9.43. The summed E-state index contributed by atoms with van der Waals surface area (Å²) >= 11 is 0. The van der Waals surface area contributed by atoms with Crippen LogP contribution < -0.4 is 0 Å². The monoisotopic (exact) mass is 220 g/mol. The largest absolute Gasteiger partial charge is 0.490 e. The fourth-order valence-corrected chi connectivity index (χ4v) is 1.66. The molecule has 3 nitrogen and oxygen atoms in total. The lowest BCUT2D eigenvalue weighted by atomic mass is 9.94. The summed E-state index contributed by atoms with van der Waals surface area (Å²) in [5, 5.41) is 9.07. The molecule has 0 aromatic heterocycles. The van der Waals surface area contributed by atoms with Crippen LogP contribution in [0.1, 0.15) is 19.4 Å². The molecule has 0 atom stereocenters. The van der Waals surface area contributed by atoms with Crippen LogP contribution in [0, 0.1) is 5.92 Å². The van der Waals surface area contributed by atoms with Crippen molar-refractivity contribution < 1.29 is 14.6 Å². The molecule has 0 aliphatic heterocycles. The first-order valence-electron chi connectivity index (χ1n) is 5.14. The maximum atomic E-state index is 11.1. The molecule has 0 fully saturated rings. The molecule has 3 heteroatoms. The Bertz CT molecular complexity index is 391. The molecule has 86 valence electrons. The van der Waals surface area contributed by atoms with Gasteiger partial charge in [-0.15, -0.1) is 0 Å². The number of ether oxygens (including phenoxy) is 1. The van der Waals surface area contributed by atoms with Crippen molar-refractivity contribution in [1.29, 1.82) is 0 Å². The molecule has 0 amide bonds. The van der Waals surface area contributed by atoms with Crippen molar-refractivity contribution in [3.05, 3.63) is 41.7 Å². The van der Waals surface area contributed by atoms with Crippen molar-refractivity contribution in [2.24, 2.45) is 5.92 Å². The van der Waals surface area contributed by atoms with Crippen molar-refractivity contribution >= 4 is 11.5 Å². The van der Waals surface area contributed by atoms with Gasteiger partial charge < -0.3 is 9.84 Å². The van der Waals surface area contributed by atoms with Gasteiger partial charge in [-0.2, -0.15) is 0 Å². The van der Waals surface area contributed by atoms with E-state index in [1.807, 2.05) is 44.2 Å². The Morgan fingerprint density at radius 1 is 1.25 bits per heavy atom. The lowest BCUT2D eigenvalue weighted by molar-refractivity contribution is -0.136. The molecular weight excluding hydrogens is 204 g/mol. The Hall–Kier alpha value is -1.77. The Balaban J connectivity index is 3.34. The zero-order valence-electron chi connectivity index (χ0n) is 9.73. The molecule has 1 aromatic carbocycles. The van der Waals surface area contributed by atoms with Gasteiger partial charge in [0.15, 0.2) is 0 Å². The Morgan fingerprint density at radius 3 is 2.19 bits per heavy atom. The number of methoxy groups -OCH3 is 1. The third-order valence-electron chi connectivity index (χ3n) is 2.31. The van der Waals surface area contributed by atoms with Crippen LogP contribution in [0.25, 0.3) is 5.57 Å². The van der Waals surface area contributed by atoms with E-state index < -0.39 is 5.97 Å². The minimum atomic E-state index is -1.03. The maximum absolute atomic E-state index is 11.1. The first kappa shape index (κ1) is 12.3. The second kappa shape index (κ2) is 5.35. The van der Waals surface area contributed by atoms with E-state index in [0.29, 0.717) is 0 Å². The molecule has 0 bridgehead atoms. The minimum Gasteiger partial charge on any atom is -0.490 e. The Morgan fingerprint density at radius 2 is 1.81 bits per heavy atom. The lowest BCUT2D eigenvalue weighted by Crippen LogP contribution is -2.09. The van der Waals surface area contributed by atoms with E-state index in [1.165, 1.54) is 7.11 Å². The second-order valence-electron chi connectivity index (χ2n) is 3.77. The predicted octanol–water partition coefficient (Wildman–Crippen LogP) is 2.78. The molecule has 0 aliphatic rings. The van der Waals surface area contributed by atoms with Crippen molar-refractivity contribution in [2.45, 2.75) is 13.8 Å². The number of carbonyl (C=O) groups is 1. The van der Waals surface area contributed by atoms with E-state index >= 15 is 0 Å². The Kier molecular flexibility index (Phi) is 4.11. The highest BCUT2D eigenvalue weighted by Crippen LogP contribution is 2.27. The van der Waals surface area contributed by atoms with Crippen LogP contribution in [0.3, 0.4) is 0 Å². The molecule has 1 N–H and O–H groups in total. The van der Waals surface area contributed by atoms with Crippen LogP contribution in [0.5, 0.6) is 0 Å². The SMILES string of the molecule is COC(C(=O)O)=C(c1ccccc1)C(C)C. The van der Waals surface area contributed by atoms with E-state index in [9.17, 15) is 4.79 Å². The van der Waals surface area contributed by atoms with E-state index in [1.54, 1.807) is 0 Å². The van der Waals surface area contributed by atoms with Gasteiger partial charge in [0.05, 0.1) is 7.11 Å². The fraction of sp³-hybridized carbons (Fsp3) is 0.308. The number of aliphatic carboxylic acids is 1. The lowest BCUT2D eigenvalue weighted by Gasteiger charge is -2.15. The average Bonchev–Trinajstić information content (AvgIpc) is 2.25. The number of benzene rings is 1. The first-order valence-corrected chi connectivity index (χ1v) is 5.14. The summed E-state index contributed by atoms with van der Waals surface area (Å²) in [4.78, 5) is 11.1. The quantitative estimate of drug-likeness (QED) is 0.627. The van der Waals surface area contributed by atoms with E-state index in [4.69, 9.17) is 9.84 Å². The van der Waals surface area contributed by atoms with Gasteiger partial charge in [0, 0.05) is 5.57 Å². The van der Waals surface area contributed by atoms with Gasteiger partial charge in [-0.25, -0.2) is 4.79 Å². The summed E-state index contributed by atoms with van der Waals surface area (Å²) in [7, 11) is 1.38. The van der Waals surface area contributed by atoms with Gasteiger partial charge in [0.25, 0.3) is 0 Å².